The van der Waals surface area contributed by atoms with Crippen LogP contribution in [0.15, 0.2) is 42.5 Å². The van der Waals surface area contributed by atoms with Crippen molar-refractivity contribution >= 4 is 11.7 Å². The van der Waals surface area contributed by atoms with E-state index in [2.05, 4.69) is 15.5 Å². The quantitative estimate of drug-likeness (QED) is 0.465. The molecule has 1 saturated carbocycles. The summed E-state index contributed by atoms with van der Waals surface area (Å²) in [5, 5.41) is 15.4. The highest BCUT2D eigenvalue weighted by molar-refractivity contribution is 5.99. The fourth-order valence-corrected chi connectivity index (χ4v) is 4.59. The van der Waals surface area contributed by atoms with Gasteiger partial charge < -0.3 is 20.6 Å². The van der Waals surface area contributed by atoms with Crippen molar-refractivity contribution in [3.8, 4) is 0 Å². The van der Waals surface area contributed by atoms with Crippen LogP contribution in [0.1, 0.15) is 51.5 Å². The highest BCUT2D eigenvalue weighted by Gasteiger charge is 2.38. The molecule has 1 aliphatic carbocycles. The molecule has 6 nitrogen and oxygen atoms in total. The zero-order valence-electron chi connectivity index (χ0n) is 19.1. The third-order valence-corrected chi connectivity index (χ3v) is 6.86. The Morgan fingerprint density at radius 3 is 2.38 bits per heavy atom. The molecule has 2 fully saturated rings. The SMILES string of the molecule is O=C(CO)c1ccc(C(=O)NCCN2CCC(CNC3CC3c3ccc(F)c(F)c3)CC2)cc1. The number of Topliss-reactive ketones (excluding diaryl/α,β-unsaturated/α-hetero) is 1. The maximum atomic E-state index is 13.4. The molecule has 1 heterocycles. The van der Waals surface area contributed by atoms with Gasteiger partial charge in [0.2, 0.25) is 0 Å². The largest absolute Gasteiger partial charge is 0.388 e. The van der Waals surface area contributed by atoms with Crippen LogP contribution < -0.4 is 10.6 Å². The van der Waals surface area contributed by atoms with Gasteiger partial charge >= 0.3 is 0 Å². The summed E-state index contributed by atoms with van der Waals surface area (Å²) in [5.74, 6) is -1.26. The molecule has 1 saturated heterocycles. The van der Waals surface area contributed by atoms with Gasteiger partial charge in [-0.2, -0.15) is 0 Å². The van der Waals surface area contributed by atoms with Gasteiger partial charge in [-0.1, -0.05) is 18.2 Å². The summed E-state index contributed by atoms with van der Waals surface area (Å²) in [6.45, 7) is 3.70. The van der Waals surface area contributed by atoms with E-state index in [4.69, 9.17) is 5.11 Å². The number of hydrogen-bond acceptors (Lipinski definition) is 5. The summed E-state index contributed by atoms with van der Waals surface area (Å²) in [7, 11) is 0. The van der Waals surface area contributed by atoms with E-state index in [0.717, 1.165) is 51.0 Å². The summed E-state index contributed by atoms with van der Waals surface area (Å²) >= 11 is 0. The van der Waals surface area contributed by atoms with E-state index >= 15 is 0 Å². The molecule has 2 atom stereocenters. The Morgan fingerprint density at radius 1 is 1.00 bits per heavy atom. The van der Waals surface area contributed by atoms with E-state index in [1.807, 2.05) is 0 Å². The molecule has 4 rings (SSSR count). The predicted molar refractivity (Wildman–Crippen MR) is 125 cm³/mol. The van der Waals surface area contributed by atoms with Crippen LogP contribution in [0.2, 0.25) is 0 Å². The number of carbonyl (C=O) groups is 2. The number of rotatable bonds is 10. The van der Waals surface area contributed by atoms with Crippen LogP contribution in [-0.4, -0.2) is 67.1 Å². The van der Waals surface area contributed by atoms with Crippen molar-refractivity contribution in [1.29, 1.82) is 0 Å². The predicted octanol–water partition coefficient (Wildman–Crippen LogP) is 2.73. The number of hydrogen-bond donors (Lipinski definition) is 3. The molecule has 2 aromatic rings. The van der Waals surface area contributed by atoms with Crippen LogP contribution in [0.5, 0.6) is 0 Å². The molecule has 0 radical (unpaired) electrons. The highest BCUT2D eigenvalue weighted by atomic mass is 19.2. The van der Waals surface area contributed by atoms with E-state index in [0.29, 0.717) is 29.6 Å². The third-order valence-electron chi connectivity index (χ3n) is 6.86. The molecule has 2 unspecified atom stereocenters. The third kappa shape index (κ3) is 6.25. The van der Waals surface area contributed by atoms with Crippen molar-refractivity contribution in [1.82, 2.24) is 15.5 Å². The van der Waals surface area contributed by atoms with Crippen LogP contribution in [-0.2, 0) is 0 Å². The number of carbonyl (C=O) groups excluding carboxylic acids is 2. The van der Waals surface area contributed by atoms with Crippen LogP contribution in [0.3, 0.4) is 0 Å². The molecule has 3 N–H and O–H groups in total. The first-order chi connectivity index (χ1) is 16.4. The fourth-order valence-electron chi connectivity index (χ4n) is 4.59. The number of ketones is 1. The molecule has 182 valence electrons. The van der Waals surface area contributed by atoms with Crippen molar-refractivity contribution in [3.63, 3.8) is 0 Å². The van der Waals surface area contributed by atoms with Gasteiger partial charge in [-0.3, -0.25) is 9.59 Å². The maximum absolute atomic E-state index is 13.4. The number of nitrogens with zero attached hydrogens (tertiary/aromatic N) is 1. The van der Waals surface area contributed by atoms with Crippen LogP contribution in [0.25, 0.3) is 0 Å². The second-order valence-corrected chi connectivity index (χ2v) is 9.23. The zero-order chi connectivity index (χ0) is 24.1. The van der Waals surface area contributed by atoms with Crippen molar-refractivity contribution in [2.75, 3.05) is 39.3 Å². The zero-order valence-corrected chi connectivity index (χ0v) is 19.1. The van der Waals surface area contributed by atoms with Crippen LogP contribution in [0, 0.1) is 17.6 Å². The van der Waals surface area contributed by atoms with E-state index in [1.165, 1.54) is 12.1 Å². The average Bonchev–Trinajstić information content (AvgIpc) is 3.64. The first-order valence-electron chi connectivity index (χ1n) is 11.9. The molecule has 0 bridgehead atoms. The standard InChI is InChI=1S/C26H31F2N3O3/c27-22-6-5-20(13-23(22)28)21-14-24(21)30-15-17-7-10-31(11-8-17)12-9-29-26(34)19-3-1-18(2-4-19)25(33)16-32/h1-6,13,17,21,24,30,32H,7-12,14-16H2,(H,29,34). The number of benzene rings is 2. The molecule has 34 heavy (non-hydrogen) atoms. The van der Waals surface area contributed by atoms with Gasteiger partial charge in [-0.25, -0.2) is 8.78 Å². The Balaban J connectivity index is 1.10. The van der Waals surface area contributed by atoms with Gasteiger partial charge in [-0.05, 0) is 74.6 Å². The smallest absolute Gasteiger partial charge is 0.251 e. The lowest BCUT2D eigenvalue weighted by Crippen LogP contribution is -2.41. The Kier molecular flexibility index (Phi) is 8.03. The van der Waals surface area contributed by atoms with Crippen LogP contribution >= 0.6 is 0 Å². The molecule has 0 aromatic heterocycles. The number of halogens is 2. The van der Waals surface area contributed by atoms with Gasteiger partial charge in [0.1, 0.15) is 6.61 Å². The van der Waals surface area contributed by atoms with Gasteiger partial charge in [0.25, 0.3) is 5.91 Å². The Labute approximate surface area is 198 Å². The van der Waals surface area contributed by atoms with Crippen molar-refractivity contribution in [2.45, 2.75) is 31.2 Å². The number of likely N-dealkylation sites (tertiary alicyclic amines) is 1. The van der Waals surface area contributed by atoms with Crippen molar-refractivity contribution in [2.24, 2.45) is 5.92 Å². The maximum Gasteiger partial charge on any atom is 0.251 e. The normalized spacial score (nSPS) is 20.8. The van der Waals surface area contributed by atoms with Crippen molar-refractivity contribution in [3.05, 3.63) is 70.8 Å². The Hall–Kier alpha value is -2.68. The highest BCUT2D eigenvalue weighted by Crippen LogP contribution is 2.41. The second kappa shape index (κ2) is 11.2. The minimum Gasteiger partial charge on any atom is -0.388 e. The number of piperidine rings is 1. The van der Waals surface area contributed by atoms with Crippen LogP contribution in [0.4, 0.5) is 8.78 Å². The number of nitrogens with one attached hydrogen (secondary N) is 2. The Bertz CT molecular complexity index is 1010. The lowest BCUT2D eigenvalue weighted by atomic mass is 9.96. The lowest BCUT2D eigenvalue weighted by molar-refractivity contribution is 0.0901. The first-order valence-corrected chi connectivity index (χ1v) is 11.9. The number of aliphatic hydroxyl groups is 1. The van der Waals surface area contributed by atoms with E-state index in [9.17, 15) is 18.4 Å². The number of aliphatic hydroxyl groups excluding tert-OH is 1. The van der Waals surface area contributed by atoms with Gasteiger partial charge in [-0.15, -0.1) is 0 Å². The molecule has 0 spiro atoms. The Morgan fingerprint density at radius 2 is 1.71 bits per heavy atom. The van der Waals surface area contributed by atoms with Gasteiger partial charge in [0.15, 0.2) is 17.4 Å². The summed E-state index contributed by atoms with van der Waals surface area (Å²) in [4.78, 5) is 26.1. The van der Waals surface area contributed by atoms with E-state index < -0.39 is 18.2 Å². The molecular weight excluding hydrogens is 440 g/mol. The van der Waals surface area contributed by atoms with E-state index in [-0.39, 0.29) is 17.6 Å². The van der Waals surface area contributed by atoms with E-state index in [1.54, 1.807) is 30.3 Å². The topological polar surface area (TPSA) is 81.7 Å². The summed E-state index contributed by atoms with van der Waals surface area (Å²) < 4.78 is 26.6. The number of amides is 1. The minimum absolute atomic E-state index is 0.179. The summed E-state index contributed by atoms with van der Waals surface area (Å²) in [6, 6.07) is 10.8. The molecular formula is C26H31F2N3O3. The summed E-state index contributed by atoms with van der Waals surface area (Å²) in [6.07, 6.45) is 3.14. The van der Waals surface area contributed by atoms with Gasteiger partial charge in [0.05, 0.1) is 0 Å². The molecule has 2 aliphatic rings. The monoisotopic (exact) mass is 471 g/mol. The van der Waals surface area contributed by atoms with Crippen molar-refractivity contribution < 1.29 is 23.5 Å². The second-order valence-electron chi connectivity index (χ2n) is 9.23. The summed E-state index contributed by atoms with van der Waals surface area (Å²) in [5.41, 5.74) is 1.74. The molecule has 2 aromatic carbocycles. The van der Waals surface area contributed by atoms with Gasteiger partial charge in [0, 0.05) is 36.2 Å². The average molecular weight is 472 g/mol. The fraction of sp³-hybridized carbons (Fsp3) is 0.462. The first kappa shape index (κ1) is 24.4. The molecule has 1 aliphatic heterocycles. The molecule has 1 amide bonds. The molecule has 8 heteroatoms. The minimum atomic E-state index is -0.800. The lowest BCUT2D eigenvalue weighted by Gasteiger charge is -2.32.